The molecule has 0 spiro atoms. The van der Waals surface area contributed by atoms with Crippen molar-refractivity contribution in [3.8, 4) is 0 Å². The van der Waals surface area contributed by atoms with Crippen LogP contribution in [-0.2, 0) is 10.5 Å². The molecule has 1 aromatic carbocycles. The molecule has 0 fully saturated rings. The molecule has 0 amide bonds. The number of carbonyl (C=O) groups is 1. The van der Waals surface area contributed by atoms with Gasteiger partial charge in [-0.15, -0.1) is 11.8 Å². The van der Waals surface area contributed by atoms with Gasteiger partial charge in [0, 0.05) is 11.1 Å². The number of rotatable bonds is 4. The van der Waals surface area contributed by atoms with Crippen LogP contribution in [0.1, 0.15) is 16.2 Å². The van der Waals surface area contributed by atoms with Gasteiger partial charge in [0.05, 0.1) is 12.9 Å². The summed E-state index contributed by atoms with van der Waals surface area (Å²) < 4.78 is 4.58. The summed E-state index contributed by atoms with van der Waals surface area (Å²) >= 11 is 7.53. The zero-order valence-electron chi connectivity index (χ0n) is 10.2. The van der Waals surface area contributed by atoms with E-state index in [4.69, 9.17) is 11.6 Å². The molecule has 1 heterocycles. The maximum Gasteiger partial charge on any atom is 0.342 e. The third kappa shape index (κ3) is 3.68. The van der Waals surface area contributed by atoms with Crippen LogP contribution in [-0.4, -0.2) is 23.0 Å². The number of thioether (sulfide) groups is 1. The van der Waals surface area contributed by atoms with Crippen molar-refractivity contribution < 1.29 is 9.53 Å². The Morgan fingerprint density at radius 3 is 2.74 bits per heavy atom. The van der Waals surface area contributed by atoms with E-state index in [2.05, 4.69) is 14.7 Å². The number of benzene rings is 1. The first-order valence-corrected chi connectivity index (χ1v) is 6.84. The average molecular weight is 295 g/mol. The zero-order chi connectivity index (χ0) is 13.7. The Hall–Kier alpha value is -1.59. The van der Waals surface area contributed by atoms with E-state index in [0.717, 1.165) is 4.90 Å². The van der Waals surface area contributed by atoms with E-state index in [1.54, 1.807) is 11.8 Å². The van der Waals surface area contributed by atoms with Gasteiger partial charge in [-0.1, -0.05) is 29.8 Å². The number of hydrogen-bond acceptors (Lipinski definition) is 5. The van der Waals surface area contributed by atoms with Crippen LogP contribution in [0.3, 0.4) is 0 Å². The lowest BCUT2D eigenvalue weighted by Crippen LogP contribution is -2.06. The van der Waals surface area contributed by atoms with Gasteiger partial charge in [0.1, 0.15) is 16.5 Å². The molecule has 2 aromatic rings. The SMILES string of the molecule is COC(=O)c1cnc(CSc2ccccc2)nc1Cl. The van der Waals surface area contributed by atoms with Gasteiger partial charge in [-0.05, 0) is 12.1 Å². The van der Waals surface area contributed by atoms with Crippen LogP contribution in [0.5, 0.6) is 0 Å². The molecule has 0 atom stereocenters. The summed E-state index contributed by atoms with van der Waals surface area (Å²) in [5.74, 6) is 0.629. The van der Waals surface area contributed by atoms with E-state index < -0.39 is 5.97 Å². The van der Waals surface area contributed by atoms with Crippen LogP contribution < -0.4 is 0 Å². The van der Waals surface area contributed by atoms with Crippen LogP contribution in [0.15, 0.2) is 41.4 Å². The topological polar surface area (TPSA) is 52.1 Å². The second kappa shape index (κ2) is 6.54. The third-order valence-electron chi connectivity index (χ3n) is 2.31. The van der Waals surface area contributed by atoms with Crippen molar-refractivity contribution in [3.63, 3.8) is 0 Å². The number of ether oxygens (including phenoxy) is 1. The van der Waals surface area contributed by atoms with E-state index in [-0.39, 0.29) is 10.7 Å². The van der Waals surface area contributed by atoms with Crippen LogP contribution in [0.2, 0.25) is 5.15 Å². The molecule has 98 valence electrons. The van der Waals surface area contributed by atoms with E-state index in [0.29, 0.717) is 11.6 Å². The highest BCUT2D eigenvalue weighted by molar-refractivity contribution is 7.98. The lowest BCUT2D eigenvalue weighted by atomic mass is 10.3. The molecule has 0 aliphatic rings. The number of aromatic nitrogens is 2. The Bertz CT molecular complexity index is 578. The molecular formula is C13H11ClN2O2S. The van der Waals surface area contributed by atoms with Crippen molar-refractivity contribution in [3.05, 3.63) is 53.1 Å². The summed E-state index contributed by atoms with van der Waals surface area (Å²) in [6.07, 6.45) is 1.39. The third-order valence-corrected chi connectivity index (χ3v) is 3.60. The Balaban J connectivity index is 2.06. The van der Waals surface area contributed by atoms with Crippen molar-refractivity contribution in [2.75, 3.05) is 7.11 Å². The van der Waals surface area contributed by atoms with Gasteiger partial charge in [-0.3, -0.25) is 0 Å². The zero-order valence-corrected chi connectivity index (χ0v) is 11.7. The second-order valence-corrected chi connectivity index (χ2v) is 4.99. The maximum absolute atomic E-state index is 11.3. The predicted octanol–water partition coefficient (Wildman–Crippen LogP) is 3.21. The van der Waals surface area contributed by atoms with Gasteiger partial charge in [0.25, 0.3) is 0 Å². The van der Waals surface area contributed by atoms with Gasteiger partial charge < -0.3 is 4.74 Å². The molecule has 19 heavy (non-hydrogen) atoms. The van der Waals surface area contributed by atoms with Crippen molar-refractivity contribution in [2.24, 2.45) is 0 Å². The number of carbonyl (C=O) groups excluding carboxylic acids is 1. The Labute approximate surface area is 120 Å². The summed E-state index contributed by atoms with van der Waals surface area (Å²) in [6, 6.07) is 9.92. The largest absolute Gasteiger partial charge is 0.465 e. The van der Waals surface area contributed by atoms with Crippen LogP contribution >= 0.6 is 23.4 Å². The van der Waals surface area contributed by atoms with Crippen molar-refractivity contribution >= 4 is 29.3 Å². The quantitative estimate of drug-likeness (QED) is 0.492. The highest BCUT2D eigenvalue weighted by Crippen LogP contribution is 2.22. The fourth-order valence-corrected chi connectivity index (χ4v) is 2.38. The van der Waals surface area contributed by atoms with Crippen molar-refractivity contribution in [1.82, 2.24) is 9.97 Å². The smallest absolute Gasteiger partial charge is 0.342 e. The van der Waals surface area contributed by atoms with Gasteiger partial charge in [-0.2, -0.15) is 0 Å². The normalized spacial score (nSPS) is 10.2. The van der Waals surface area contributed by atoms with E-state index in [1.807, 2.05) is 30.3 Å². The number of nitrogens with zero attached hydrogens (tertiary/aromatic N) is 2. The predicted molar refractivity (Wildman–Crippen MR) is 74.4 cm³/mol. The Morgan fingerprint density at radius 2 is 2.11 bits per heavy atom. The first kappa shape index (κ1) is 13.8. The number of esters is 1. The highest BCUT2D eigenvalue weighted by atomic mass is 35.5. The van der Waals surface area contributed by atoms with E-state index >= 15 is 0 Å². The van der Waals surface area contributed by atoms with Crippen molar-refractivity contribution in [1.29, 1.82) is 0 Å². The molecule has 0 aliphatic carbocycles. The van der Waals surface area contributed by atoms with Gasteiger partial charge in [0.15, 0.2) is 0 Å². The molecular weight excluding hydrogens is 284 g/mol. The minimum absolute atomic E-state index is 0.116. The van der Waals surface area contributed by atoms with Crippen LogP contribution in [0.4, 0.5) is 0 Å². The first-order valence-electron chi connectivity index (χ1n) is 5.48. The summed E-state index contributed by atoms with van der Waals surface area (Å²) in [5, 5.41) is 0.116. The van der Waals surface area contributed by atoms with Gasteiger partial charge in [-0.25, -0.2) is 14.8 Å². The molecule has 0 saturated carbocycles. The van der Waals surface area contributed by atoms with E-state index in [9.17, 15) is 4.79 Å². The molecule has 0 saturated heterocycles. The maximum atomic E-state index is 11.3. The molecule has 2 rings (SSSR count). The van der Waals surface area contributed by atoms with Crippen LogP contribution in [0.25, 0.3) is 0 Å². The fourth-order valence-electron chi connectivity index (χ4n) is 1.38. The number of halogens is 1. The number of hydrogen-bond donors (Lipinski definition) is 0. The standard InChI is InChI=1S/C13H11ClN2O2S/c1-18-13(17)10-7-15-11(16-12(10)14)8-19-9-5-3-2-4-6-9/h2-7H,8H2,1H3. The summed E-state index contributed by atoms with van der Waals surface area (Å²) in [7, 11) is 1.29. The summed E-state index contributed by atoms with van der Waals surface area (Å²) in [6.45, 7) is 0. The molecule has 1 aromatic heterocycles. The molecule has 0 N–H and O–H groups in total. The second-order valence-electron chi connectivity index (χ2n) is 3.58. The monoisotopic (exact) mass is 294 g/mol. The molecule has 6 heteroatoms. The minimum Gasteiger partial charge on any atom is -0.465 e. The van der Waals surface area contributed by atoms with Crippen molar-refractivity contribution in [2.45, 2.75) is 10.6 Å². The fraction of sp³-hybridized carbons (Fsp3) is 0.154. The van der Waals surface area contributed by atoms with Crippen LogP contribution in [0, 0.1) is 0 Å². The Morgan fingerprint density at radius 1 is 1.37 bits per heavy atom. The van der Waals surface area contributed by atoms with Gasteiger partial charge >= 0.3 is 5.97 Å². The lowest BCUT2D eigenvalue weighted by Gasteiger charge is -2.04. The highest BCUT2D eigenvalue weighted by Gasteiger charge is 2.13. The first-order chi connectivity index (χ1) is 9.20. The average Bonchev–Trinajstić information content (AvgIpc) is 2.45. The lowest BCUT2D eigenvalue weighted by molar-refractivity contribution is 0.0600. The molecule has 0 unspecified atom stereocenters. The molecule has 0 radical (unpaired) electrons. The summed E-state index contributed by atoms with van der Waals surface area (Å²) in [5.41, 5.74) is 0.178. The summed E-state index contributed by atoms with van der Waals surface area (Å²) in [4.78, 5) is 20.7. The number of methoxy groups -OCH3 is 1. The molecule has 0 aliphatic heterocycles. The molecule has 4 nitrogen and oxygen atoms in total. The molecule has 0 bridgehead atoms. The van der Waals surface area contributed by atoms with E-state index in [1.165, 1.54) is 13.3 Å². The Kier molecular flexibility index (Phi) is 4.76. The van der Waals surface area contributed by atoms with Gasteiger partial charge in [0.2, 0.25) is 0 Å². The minimum atomic E-state index is -0.535.